The highest BCUT2D eigenvalue weighted by Gasteiger charge is 2.24. The lowest BCUT2D eigenvalue weighted by Gasteiger charge is -2.22. The molecule has 0 aliphatic carbocycles. The number of nitrogens with zero attached hydrogens (tertiary/aromatic N) is 3. The molecule has 0 fully saturated rings. The lowest BCUT2D eigenvalue weighted by atomic mass is 9.83. The number of pyridine rings is 1. The number of rotatable bonds is 5. The summed E-state index contributed by atoms with van der Waals surface area (Å²) in [5.74, 6) is 1.01. The highest BCUT2D eigenvalue weighted by atomic mass is 16.3. The van der Waals surface area contributed by atoms with Gasteiger partial charge < -0.3 is 9.67 Å². The molecule has 0 amide bonds. The van der Waals surface area contributed by atoms with E-state index in [-0.39, 0.29) is 22.6 Å². The third-order valence-corrected chi connectivity index (χ3v) is 9.62. The average Bonchev–Trinajstić information content (AvgIpc) is 3.47. The molecule has 0 radical (unpaired) electrons. The van der Waals surface area contributed by atoms with Crippen LogP contribution < -0.4 is 0 Å². The zero-order valence-corrected chi connectivity index (χ0v) is 29.8. The van der Waals surface area contributed by atoms with Gasteiger partial charge in [0.15, 0.2) is 0 Å². The van der Waals surface area contributed by atoms with E-state index >= 15 is 0 Å². The Kier molecular flexibility index (Phi) is 7.94. The summed E-state index contributed by atoms with van der Waals surface area (Å²) in [6.07, 6.45) is 1.93. The van der Waals surface area contributed by atoms with E-state index in [1.807, 2.05) is 12.3 Å². The van der Waals surface area contributed by atoms with Crippen molar-refractivity contribution < 1.29 is 5.11 Å². The maximum Gasteiger partial charge on any atom is 0.145 e. The number of aromatic nitrogens is 3. The molecular formula is C45H45N3O. The summed E-state index contributed by atoms with van der Waals surface area (Å²) in [5.41, 5.74) is 12.8. The first kappa shape index (κ1) is 32.3. The summed E-state index contributed by atoms with van der Waals surface area (Å²) in [6, 6.07) is 38.6. The van der Waals surface area contributed by atoms with Gasteiger partial charge in [0.25, 0.3) is 0 Å². The lowest BCUT2D eigenvalue weighted by Crippen LogP contribution is -2.11. The van der Waals surface area contributed by atoms with Gasteiger partial charge in [0, 0.05) is 28.8 Å². The Morgan fingerprint density at radius 1 is 0.571 bits per heavy atom. The molecule has 0 aliphatic heterocycles. The number of imidazole rings is 1. The van der Waals surface area contributed by atoms with Crippen LogP contribution >= 0.6 is 0 Å². The maximum atomic E-state index is 11.1. The highest BCUT2D eigenvalue weighted by Crippen LogP contribution is 2.42. The molecule has 7 aromatic rings. The Bertz CT molecular complexity index is 2330. The van der Waals surface area contributed by atoms with Crippen molar-refractivity contribution in [2.45, 2.75) is 72.3 Å². The normalized spacial score (nSPS) is 12.3. The van der Waals surface area contributed by atoms with Crippen molar-refractivity contribution in [3.63, 3.8) is 0 Å². The van der Waals surface area contributed by atoms with E-state index in [1.54, 1.807) is 6.07 Å². The molecule has 5 aromatic carbocycles. The third-order valence-electron chi connectivity index (χ3n) is 9.62. The number of phenolic OH excluding ortho intramolecular Hbond substituents is 1. The van der Waals surface area contributed by atoms with E-state index < -0.39 is 0 Å². The molecule has 2 aromatic heterocycles. The van der Waals surface area contributed by atoms with Crippen LogP contribution in [0.25, 0.3) is 66.7 Å². The molecule has 0 unspecified atom stereocenters. The van der Waals surface area contributed by atoms with Crippen LogP contribution in [0.3, 0.4) is 0 Å². The third kappa shape index (κ3) is 5.90. The van der Waals surface area contributed by atoms with Crippen LogP contribution in [0.4, 0.5) is 0 Å². The van der Waals surface area contributed by atoms with Crippen LogP contribution in [-0.2, 0) is 10.8 Å². The Balaban J connectivity index is 1.44. The Hall–Kier alpha value is -5.22. The van der Waals surface area contributed by atoms with Crippen LogP contribution in [0, 0.1) is 0 Å². The number of hydrogen-bond donors (Lipinski definition) is 1. The quantitative estimate of drug-likeness (QED) is 0.203. The number of aromatic hydroxyl groups is 1. The Labute approximate surface area is 290 Å². The molecule has 0 aliphatic rings. The van der Waals surface area contributed by atoms with E-state index in [4.69, 9.17) is 9.97 Å². The number of benzene rings is 5. The minimum atomic E-state index is -0.0616. The maximum absolute atomic E-state index is 11.1. The van der Waals surface area contributed by atoms with Gasteiger partial charge in [-0.1, -0.05) is 108 Å². The fourth-order valence-electron chi connectivity index (χ4n) is 6.88. The molecule has 246 valence electrons. The van der Waals surface area contributed by atoms with Gasteiger partial charge in [-0.3, -0.25) is 4.98 Å². The predicted molar refractivity (Wildman–Crippen MR) is 206 cm³/mol. The fraction of sp³-hybridized carbons (Fsp3) is 0.244. The fourth-order valence-corrected chi connectivity index (χ4v) is 6.88. The molecule has 0 bridgehead atoms. The van der Waals surface area contributed by atoms with Gasteiger partial charge in [0.2, 0.25) is 0 Å². The molecule has 0 spiro atoms. The van der Waals surface area contributed by atoms with Crippen molar-refractivity contribution in [1.29, 1.82) is 0 Å². The first-order valence-electron chi connectivity index (χ1n) is 17.3. The van der Waals surface area contributed by atoms with Crippen molar-refractivity contribution in [1.82, 2.24) is 14.5 Å². The standard InChI is InChI=1S/C45H45N3O/c1-28(2)48-39-19-13-18-35(42(39)47-43(48)38-25-32(44(3,4)5)20-21-40(38)49)30-16-12-17-31(24-30)36-26-33(45(6,7)8)27-37-34(22-23-46-41(36)37)29-14-10-9-11-15-29/h9-28,49H,1-8H3. The summed E-state index contributed by atoms with van der Waals surface area (Å²) in [7, 11) is 0. The minimum absolute atomic E-state index is 0.0497. The molecule has 4 heteroatoms. The second-order valence-electron chi connectivity index (χ2n) is 15.5. The van der Waals surface area contributed by atoms with Crippen molar-refractivity contribution >= 4 is 21.9 Å². The largest absolute Gasteiger partial charge is 0.507 e. The van der Waals surface area contributed by atoms with E-state index in [2.05, 4.69) is 157 Å². The SMILES string of the molecule is CC(C)n1c(-c2cc(C(C)(C)C)ccc2O)nc2c(-c3cccc(-c4cc(C(C)(C)C)cc5c(-c6ccccc6)ccnc45)c3)cccc21. The smallest absolute Gasteiger partial charge is 0.145 e. The van der Waals surface area contributed by atoms with Crippen LogP contribution in [0.15, 0.2) is 115 Å². The molecule has 1 N–H and O–H groups in total. The lowest BCUT2D eigenvalue weighted by molar-refractivity contribution is 0.474. The van der Waals surface area contributed by atoms with E-state index in [1.165, 1.54) is 16.7 Å². The second kappa shape index (κ2) is 12.0. The Morgan fingerprint density at radius 2 is 1.22 bits per heavy atom. The molecule has 0 saturated carbocycles. The first-order chi connectivity index (χ1) is 23.3. The van der Waals surface area contributed by atoms with Gasteiger partial charge >= 0.3 is 0 Å². The predicted octanol–water partition coefficient (Wildman–Crippen LogP) is 12.1. The van der Waals surface area contributed by atoms with Gasteiger partial charge in [-0.05, 0) is 101 Å². The average molecular weight is 644 g/mol. The topological polar surface area (TPSA) is 50.9 Å². The molecule has 0 atom stereocenters. The molecule has 49 heavy (non-hydrogen) atoms. The zero-order valence-electron chi connectivity index (χ0n) is 29.8. The summed E-state index contributed by atoms with van der Waals surface area (Å²) >= 11 is 0. The van der Waals surface area contributed by atoms with Crippen molar-refractivity contribution in [3.05, 3.63) is 127 Å². The van der Waals surface area contributed by atoms with Crippen LogP contribution in [0.5, 0.6) is 5.75 Å². The molecular weight excluding hydrogens is 599 g/mol. The monoisotopic (exact) mass is 643 g/mol. The Morgan fingerprint density at radius 3 is 1.92 bits per heavy atom. The second-order valence-corrected chi connectivity index (χ2v) is 15.5. The van der Waals surface area contributed by atoms with E-state index in [9.17, 15) is 5.11 Å². The van der Waals surface area contributed by atoms with Gasteiger partial charge in [0.05, 0.1) is 22.1 Å². The van der Waals surface area contributed by atoms with Crippen molar-refractivity contribution in [2.24, 2.45) is 0 Å². The van der Waals surface area contributed by atoms with Crippen LogP contribution in [-0.4, -0.2) is 19.6 Å². The molecule has 7 rings (SSSR count). The minimum Gasteiger partial charge on any atom is -0.507 e. The molecule has 0 saturated heterocycles. The molecule has 2 heterocycles. The summed E-state index contributed by atoms with van der Waals surface area (Å²) in [6.45, 7) is 17.7. The number of fused-ring (bicyclic) bond motifs is 2. The number of hydrogen-bond acceptors (Lipinski definition) is 3. The molecule has 4 nitrogen and oxygen atoms in total. The van der Waals surface area contributed by atoms with Crippen LogP contribution in [0.2, 0.25) is 0 Å². The summed E-state index contributed by atoms with van der Waals surface area (Å²) in [4.78, 5) is 10.3. The van der Waals surface area contributed by atoms with E-state index in [0.29, 0.717) is 0 Å². The highest BCUT2D eigenvalue weighted by molar-refractivity contribution is 6.03. The first-order valence-corrected chi connectivity index (χ1v) is 17.3. The van der Waals surface area contributed by atoms with Gasteiger partial charge in [-0.15, -0.1) is 0 Å². The van der Waals surface area contributed by atoms with Gasteiger partial charge in [-0.2, -0.15) is 0 Å². The number of phenols is 1. The van der Waals surface area contributed by atoms with Crippen LogP contribution in [0.1, 0.15) is 72.6 Å². The number of para-hydroxylation sites is 1. The van der Waals surface area contributed by atoms with Gasteiger partial charge in [-0.25, -0.2) is 4.98 Å². The zero-order chi connectivity index (χ0) is 34.7. The summed E-state index contributed by atoms with van der Waals surface area (Å²) < 4.78 is 2.25. The van der Waals surface area contributed by atoms with E-state index in [0.717, 1.165) is 61.1 Å². The van der Waals surface area contributed by atoms with Crippen molar-refractivity contribution in [3.8, 4) is 50.5 Å². The van der Waals surface area contributed by atoms with Gasteiger partial charge in [0.1, 0.15) is 11.6 Å². The summed E-state index contributed by atoms with van der Waals surface area (Å²) in [5, 5.41) is 12.3. The van der Waals surface area contributed by atoms with Crippen molar-refractivity contribution in [2.75, 3.05) is 0 Å².